The van der Waals surface area contributed by atoms with E-state index in [1.54, 1.807) is 7.11 Å². The minimum Gasteiger partial charge on any atom is -0.496 e. The van der Waals surface area contributed by atoms with Crippen molar-refractivity contribution in [2.45, 2.75) is 44.1 Å². The van der Waals surface area contributed by atoms with Crippen LogP contribution in [0.3, 0.4) is 0 Å². The fourth-order valence-corrected chi connectivity index (χ4v) is 3.42. The molecule has 0 bridgehead atoms. The van der Waals surface area contributed by atoms with Gasteiger partial charge >= 0.3 is 0 Å². The molecule has 17 heavy (non-hydrogen) atoms. The van der Waals surface area contributed by atoms with Crippen LogP contribution in [0.1, 0.15) is 41.9 Å². The van der Waals surface area contributed by atoms with Gasteiger partial charge in [-0.05, 0) is 60.8 Å². The maximum Gasteiger partial charge on any atom is 0.122 e. The molecule has 2 unspecified atom stereocenters. The molecule has 2 aliphatic carbocycles. The molecule has 0 spiro atoms. The molecule has 0 saturated heterocycles. The molecule has 0 saturated carbocycles. The normalized spacial score (nSPS) is 25.8. The van der Waals surface area contributed by atoms with Crippen molar-refractivity contribution in [3.63, 3.8) is 0 Å². The number of methoxy groups -OCH3 is 1. The summed E-state index contributed by atoms with van der Waals surface area (Å²) in [7, 11) is 1.77. The fraction of sp³-hybridized carbons (Fsp3) is 0.571. The van der Waals surface area contributed by atoms with Gasteiger partial charge in [0.2, 0.25) is 0 Å². The van der Waals surface area contributed by atoms with E-state index >= 15 is 0 Å². The van der Waals surface area contributed by atoms with Crippen molar-refractivity contribution in [1.29, 1.82) is 0 Å². The number of nitrogens with two attached hydrogens (primary N) is 1. The molecule has 94 valence electrons. The summed E-state index contributed by atoms with van der Waals surface area (Å²) in [6.07, 6.45) is 5.96. The molecule has 3 rings (SSSR count). The van der Waals surface area contributed by atoms with Crippen LogP contribution in [-0.2, 0) is 12.8 Å². The molecule has 2 atom stereocenters. The molecular weight excluding hydrogens is 234 g/mol. The van der Waals surface area contributed by atoms with Crippen LogP contribution >= 0.6 is 12.4 Å². The molecule has 0 radical (unpaired) electrons. The molecule has 1 aromatic carbocycles. The summed E-state index contributed by atoms with van der Waals surface area (Å²) >= 11 is 0. The molecule has 0 heterocycles. The zero-order chi connectivity index (χ0) is 11.1. The quantitative estimate of drug-likeness (QED) is 0.835. The first-order valence-electron chi connectivity index (χ1n) is 6.25. The number of ether oxygens (including phenoxy) is 1. The highest BCUT2D eigenvalue weighted by atomic mass is 35.5. The summed E-state index contributed by atoms with van der Waals surface area (Å²) in [5.41, 5.74) is 10.7. The summed E-state index contributed by atoms with van der Waals surface area (Å²) in [5, 5.41) is 0. The van der Waals surface area contributed by atoms with Gasteiger partial charge in [0, 0.05) is 6.04 Å². The number of benzene rings is 1. The average molecular weight is 254 g/mol. The first kappa shape index (κ1) is 12.7. The summed E-state index contributed by atoms with van der Waals surface area (Å²) in [5.74, 6) is 1.65. The van der Waals surface area contributed by atoms with Crippen LogP contribution in [0.15, 0.2) is 12.1 Å². The van der Waals surface area contributed by atoms with E-state index in [0.717, 1.165) is 25.0 Å². The Kier molecular flexibility index (Phi) is 3.64. The van der Waals surface area contributed by atoms with Crippen LogP contribution in [0.2, 0.25) is 0 Å². The number of hydrogen-bond acceptors (Lipinski definition) is 2. The van der Waals surface area contributed by atoms with E-state index in [0.29, 0.717) is 12.0 Å². The van der Waals surface area contributed by atoms with Crippen LogP contribution in [-0.4, -0.2) is 13.2 Å². The van der Waals surface area contributed by atoms with Gasteiger partial charge in [-0.2, -0.15) is 0 Å². The average Bonchev–Trinajstić information content (AvgIpc) is 2.34. The highest BCUT2D eigenvalue weighted by Crippen LogP contribution is 2.43. The van der Waals surface area contributed by atoms with Crippen molar-refractivity contribution in [2.24, 2.45) is 5.73 Å². The van der Waals surface area contributed by atoms with Gasteiger partial charge < -0.3 is 10.5 Å². The maximum absolute atomic E-state index is 6.26. The van der Waals surface area contributed by atoms with Crippen LogP contribution in [0, 0.1) is 0 Å². The van der Waals surface area contributed by atoms with Gasteiger partial charge in [-0.15, -0.1) is 12.4 Å². The Morgan fingerprint density at radius 1 is 1.24 bits per heavy atom. The van der Waals surface area contributed by atoms with E-state index in [4.69, 9.17) is 10.5 Å². The largest absolute Gasteiger partial charge is 0.496 e. The van der Waals surface area contributed by atoms with Crippen LogP contribution < -0.4 is 10.5 Å². The van der Waals surface area contributed by atoms with Crippen molar-refractivity contribution < 1.29 is 4.74 Å². The molecular formula is C14H20ClNO. The SMILES string of the molecule is COc1ccc2c3c1CCCC3C(N)CC2.Cl. The number of hydrogen-bond donors (Lipinski definition) is 1. The second kappa shape index (κ2) is 4.87. The van der Waals surface area contributed by atoms with Crippen LogP contribution in [0.4, 0.5) is 0 Å². The first-order valence-corrected chi connectivity index (χ1v) is 6.25. The van der Waals surface area contributed by atoms with Gasteiger partial charge in [-0.3, -0.25) is 0 Å². The molecule has 1 aromatic rings. The van der Waals surface area contributed by atoms with E-state index in [9.17, 15) is 0 Å². The molecule has 0 aromatic heterocycles. The molecule has 2 nitrogen and oxygen atoms in total. The third kappa shape index (κ3) is 1.94. The van der Waals surface area contributed by atoms with E-state index in [1.165, 1.54) is 29.5 Å². The van der Waals surface area contributed by atoms with Gasteiger partial charge in [-0.25, -0.2) is 0 Å². The highest BCUT2D eigenvalue weighted by molar-refractivity contribution is 5.85. The predicted molar refractivity (Wildman–Crippen MR) is 72.2 cm³/mol. The van der Waals surface area contributed by atoms with E-state index in [-0.39, 0.29) is 12.4 Å². The maximum atomic E-state index is 6.26. The zero-order valence-corrected chi connectivity index (χ0v) is 11.1. The third-order valence-electron chi connectivity index (χ3n) is 4.20. The summed E-state index contributed by atoms with van der Waals surface area (Å²) in [6.45, 7) is 0. The lowest BCUT2D eigenvalue weighted by atomic mass is 9.71. The molecule has 2 aliphatic rings. The Balaban J connectivity index is 0.00000108. The Morgan fingerprint density at radius 3 is 2.82 bits per heavy atom. The molecule has 2 N–H and O–H groups in total. The lowest BCUT2D eigenvalue weighted by Gasteiger charge is -2.37. The van der Waals surface area contributed by atoms with Gasteiger partial charge in [0.1, 0.15) is 5.75 Å². The fourth-order valence-electron chi connectivity index (χ4n) is 3.42. The smallest absolute Gasteiger partial charge is 0.122 e. The molecule has 0 amide bonds. The van der Waals surface area contributed by atoms with Gasteiger partial charge in [0.15, 0.2) is 0 Å². The standard InChI is InChI=1S/C14H19NO.ClH/c1-16-13-8-6-9-5-7-12(15)10-3-2-4-11(13)14(9)10;/h6,8,10,12H,2-5,7,15H2,1H3;1H. The Labute approximate surface area is 109 Å². The molecule has 0 fully saturated rings. The van der Waals surface area contributed by atoms with Crippen molar-refractivity contribution in [3.8, 4) is 5.75 Å². The highest BCUT2D eigenvalue weighted by Gasteiger charge is 2.32. The Morgan fingerprint density at radius 2 is 2.06 bits per heavy atom. The van der Waals surface area contributed by atoms with Crippen molar-refractivity contribution in [2.75, 3.05) is 7.11 Å². The van der Waals surface area contributed by atoms with E-state index in [1.807, 2.05) is 0 Å². The monoisotopic (exact) mass is 253 g/mol. The van der Waals surface area contributed by atoms with Crippen molar-refractivity contribution in [1.82, 2.24) is 0 Å². The van der Waals surface area contributed by atoms with Crippen LogP contribution in [0.25, 0.3) is 0 Å². The predicted octanol–water partition coefficient (Wildman–Crippen LogP) is 2.81. The van der Waals surface area contributed by atoms with Crippen molar-refractivity contribution in [3.05, 3.63) is 28.8 Å². The second-order valence-corrected chi connectivity index (χ2v) is 5.02. The van der Waals surface area contributed by atoms with E-state index in [2.05, 4.69) is 12.1 Å². The van der Waals surface area contributed by atoms with Crippen molar-refractivity contribution >= 4 is 12.4 Å². The Hall–Kier alpha value is -0.730. The van der Waals surface area contributed by atoms with Crippen LogP contribution in [0.5, 0.6) is 5.75 Å². The summed E-state index contributed by atoms with van der Waals surface area (Å²) in [4.78, 5) is 0. The number of aryl methyl sites for hydroxylation is 1. The molecule has 3 heteroatoms. The lowest BCUT2D eigenvalue weighted by molar-refractivity contribution is 0.383. The summed E-state index contributed by atoms with van der Waals surface area (Å²) in [6, 6.07) is 4.73. The third-order valence-corrected chi connectivity index (χ3v) is 4.20. The van der Waals surface area contributed by atoms with Gasteiger partial charge in [0.05, 0.1) is 7.11 Å². The summed E-state index contributed by atoms with van der Waals surface area (Å²) < 4.78 is 5.48. The lowest BCUT2D eigenvalue weighted by Crippen LogP contribution is -2.35. The first-order chi connectivity index (χ1) is 7.81. The topological polar surface area (TPSA) is 35.2 Å². The second-order valence-electron chi connectivity index (χ2n) is 5.02. The number of halogens is 1. The zero-order valence-electron chi connectivity index (χ0n) is 10.2. The van der Waals surface area contributed by atoms with Gasteiger partial charge in [-0.1, -0.05) is 6.07 Å². The molecule has 0 aliphatic heterocycles. The van der Waals surface area contributed by atoms with Gasteiger partial charge in [0.25, 0.3) is 0 Å². The Bertz CT molecular complexity index is 419. The van der Waals surface area contributed by atoms with E-state index < -0.39 is 0 Å². The minimum absolute atomic E-state index is 0. The minimum atomic E-state index is 0. The number of rotatable bonds is 1.